The monoisotopic (exact) mass is 356 g/mol. The van der Waals surface area contributed by atoms with Gasteiger partial charge in [-0.3, -0.25) is 9.59 Å². The Labute approximate surface area is 129 Å². The maximum Gasteiger partial charge on any atom is 0.328 e. The lowest BCUT2D eigenvalue weighted by Gasteiger charge is -2.32. The van der Waals surface area contributed by atoms with Crippen LogP contribution in [0.3, 0.4) is 0 Å². The SMILES string of the molecule is COc1ccc(C(=O)N2CC(=O)NCC2C(=O)O)cc1Br. The molecule has 1 aliphatic rings. The maximum absolute atomic E-state index is 12.4. The number of aliphatic carboxylic acids is 1. The number of amides is 2. The zero-order valence-electron chi connectivity index (χ0n) is 11.1. The Hall–Kier alpha value is -2.09. The number of benzene rings is 1. The van der Waals surface area contributed by atoms with Crippen molar-refractivity contribution in [1.29, 1.82) is 0 Å². The van der Waals surface area contributed by atoms with Crippen LogP contribution in [0.15, 0.2) is 22.7 Å². The number of carbonyl (C=O) groups excluding carboxylic acids is 2. The van der Waals surface area contributed by atoms with E-state index in [-0.39, 0.29) is 24.6 Å². The highest BCUT2D eigenvalue weighted by atomic mass is 79.9. The van der Waals surface area contributed by atoms with Gasteiger partial charge in [-0.1, -0.05) is 0 Å². The number of piperazine rings is 1. The Morgan fingerprint density at radius 3 is 2.76 bits per heavy atom. The van der Waals surface area contributed by atoms with Gasteiger partial charge in [-0.2, -0.15) is 0 Å². The first-order valence-electron chi connectivity index (χ1n) is 6.08. The number of ether oxygens (including phenoxy) is 1. The van der Waals surface area contributed by atoms with E-state index in [1.165, 1.54) is 19.2 Å². The molecule has 0 spiro atoms. The van der Waals surface area contributed by atoms with Crippen LogP contribution in [0.1, 0.15) is 10.4 Å². The van der Waals surface area contributed by atoms with Gasteiger partial charge >= 0.3 is 5.97 Å². The Morgan fingerprint density at radius 1 is 1.48 bits per heavy atom. The summed E-state index contributed by atoms with van der Waals surface area (Å²) in [6.07, 6.45) is 0. The standard InChI is InChI=1S/C13H13BrN2O5/c1-21-10-3-2-7(4-8(10)14)12(18)16-6-11(17)15-5-9(16)13(19)20/h2-4,9H,5-6H2,1H3,(H,15,17)(H,19,20). The normalized spacial score (nSPS) is 18.1. The van der Waals surface area contributed by atoms with Crippen LogP contribution in [0.25, 0.3) is 0 Å². The zero-order valence-corrected chi connectivity index (χ0v) is 12.7. The summed E-state index contributed by atoms with van der Waals surface area (Å²) < 4.78 is 5.64. The predicted molar refractivity (Wildman–Crippen MR) is 76.2 cm³/mol. The number of nitrogens with zero attached hydrogens (tertiary/aromatic N) is 1. The molecule has 1 atom stereocenters. The van der Waals surface area contributed by atoms with Gasteiger partial charge in [0.05, 0.1) is 11.6 Å². The summed E-state index contributed by atoms with van der Waals surface area (Å²) >= 11 is 3.26. The van der Waals surface area contributed by atoms with Crippen LogP contribution in [0.2, 0.25) is 0 Å². The van der Waals surface area contributed by atoms with E-state index in [1.807, 2.05) is 0 Å². The molecule has 1 fully saturated rings. The van der Waals surface area contributed by atoms with E-state index < -0.39 is 17.9 Å². The molecule has 2 amide bonds. The van der Waals surface area contributed by atoms with Gasteiger partial charge in [0.25, 0.3) is 5.91 Å². The van der Waals surface area contributed by atoms with E-state index in [9.17, 15) is 14.4 Å². The molecular weight excluding hydrogens is 344 g/mol. The third-order valence-corrected chi connectivity index (χ3v) is 3.75. The largest absolute Gasteiger partial charge is 0.496 e. The lowest BCUT2D eigenvalue weighted by atomic mass is 10.1. The minimum absolute atomic E-state index is 0.1000. The fourth-order valence-corrected chi connectivity index (χ4v) is 2.58. The fraction of sp³-hybridized carbons (Fsp3) is 0.308. The molecule has 1 aromatic carbocycles. The van der Waals surface area contributed by atoms with Crippen LogP contribution >= 0.6 is 15.9 Å². The molecule has 0 radical (unpaired) electrons. The molecule has 7 nitrogen and oxygen atoms in total. The lowest BCUT2D eigenvalue weighted by Crippen LogP contribution is -2.59. The summed E-state index contributed by atoms with van der Waals surface area (Å²) in [6.45, 7) is -0.378. The average Bonchev–Trinajstić information content (AvgIpc) is 2.45. The number of rotatable bonds is 3. The van der Waals surface area contributed by atoms with E-state index in [0.717, 1.165) is 4.90 Å². The van der Waals surface area contributed by atoms with Crippen LogP contribution in [-0.2, 0) is 9.59 Å². The fourth-order valence-electron chi connectivity index (χ4n) is 2.04. The number of carboxylic acid groups (broad SMARTS) is 1. The van der Waals surface area contributed by atoms with E-state index in [1.54, 1.807) is 6.07 Å². The van der Waals surface area contributed by atoms with Crippen LogP contribution in [-0.4, -0.2) is 54.0 Å². The first kappa shape index (κ1) is 15.3. The van der Waals surface area contributed by atoms with Gasteiger partial charge < -0.3 is 20.1 Å². The Kier molecular flexibility index (Phi) is 4.46. The Balaban J connectivity index is 2.30. The van der Waals surface area contributed by atoms with Crippen molar-refractivity contribution in [2.75, 3.05) is 20.2 Å². The number of carbonyl (C=O) groups is 3. The van der Waals surface area contributed by atoms with Crippen molar-refractivity contribution in [2.24, 2.45) is 0 Å². The molecule has 112 valence electrons. The summed E-state index contributed by atoms with van der Waals surface area (Å²) in [5.74, 6) is -1.50. The van der Waals surface area contributed by atoms with Crippen molar-refractivity contribution in [2.45, 2.75) is 6.04 Å². The minimum Gasteiger partial charge on any atom is -0.496 e. The first-order chi connectivity index (χ1) is 9.93. The van der Waals surface area contributed by atoms with Gasteiger partial charge in [-0.25, -0.2) is 4.79 Å². The van der Waals surface area contributed by atoms with E-state index >= 15 is 0 Å². The predicted octanol–water partition coefficient (Wildman–Crippen LogP) is 0.483. The smallest absolute Gasteiger partial charge is 0.328 e. The molecule has 1 heterocycles. The number of nitrogens with one attached hydrogen (secondary N) is 1. The van der Waals surface area contributed by atoms with Crippen LogP contribution < -0.4 is 10.1 Å². The second kappa shape index (κ2) is 6.13. The van der Waals surface area contributed by atoms with Gasteiger partial charge in [-0.05, 0) is 34.1 Å². The molecule has 0 aromatic heterocycles. The number of halogens is 1. The quantitative estimate of drug-likeness (QED) is 0.821. The van der Waals surface area contributed by atoms with E-state index in [4.69, 9.17) is 9.84 Å². The summed E-state index contributed by atoms with van der Waals surface area (Å²) in [4.78, 5) is 36.1. The van der Waals surface area contributed by atoms with Crippen molar-refractivity contribution in [3.05, 3.63) is 28.2 Å². The van der Waals surface area contributed by atoms with Gasteiger partial charge in [-0.15, -0.1) is 0 Å². The molecule has 21 heavy (non-hydrogen) atoms. The summed E-state index contributed by atoms with van der Waals surface area (Å²) in [5.41, 5.74) is 0.281. The van der Waals surface area contributed by atoms with Crippen LogP contribution in [0, 0.1) is 0 Å². The van der Waals surface area contributed by atoms with Gasteiger partial charge in [0.1, 0.15) is 18.3 Å². The van der Waals surface area contributed by atoms with E-state index in [0.29, 0.717) is 10.2 Å². The highest BCUT2D eigenvalue weighted by molar-refractivity contribution is 9.10. The highest BCUT2D eigenvalue weighted by Crippen LogP contribution is 2.26. The zero-order chi connectivity index (χ0) is 15.6. The lowest BCUT2D eigenvalue weighted by molar-refractivity contribution is -0.144. The number of hydrogen-bond acceptors (Lipinski definition) is 4. The van der Waals surface area contributed by atoms with Gasteiger partial charge in [0.15, 0.2) is 0 Å². The van der Waals surface area contributed by atoms with Crippen LogP contribution in [0.5, 0.6) is 5.75 Å². The number of carboxylic acids is 1. The van der Waals surface area contributed by atoms with Crippen molar-refractivity contribution >= 4 is 33.7 Å². The van der Waals surface area contributed by atoms with Crippen molar-refractivity contribution in [1.82, 2.24) is 10.2 Å². The molecular formula is C13H13BrN2O5. The summed E-state index contributed by atoms with van der Waals surface area (Å²) in [5, 5.41) is 11.6. The summed E-state index contributed by atoms with van der Waals surface area (Å²) in [6, 6.07) is 3.58. The van der Waals surface area contributed by atoms with Crippen molar-refractivity contribution < 1.29 is 24.2 Å². The maximum atomic E-state index is 12.4. The third kappa shape index (κ3) is 3.15. The molecule has 1 aromatic rings. The van der Waals surface area contributed by atoms with Crippen LogP contribution in [0.4, 0.5) is 0 Å². The molecule has 1 aliphatic heterocycles. The van der Waals surface area contributed by atoms with Gasteiger partial charge in [0.2, 0.25) is 5.91 Å². The molecule has 0 saturated carbocycles. The van der Waals surface area contributed by atoms with Crippen molar-refractivity contribution in [3.8, 4) is 5.75 Å². The van der Waals surface area contributed by atoms with Crippen molar-refractivity contribution in [3.63, 3.8) is 0 Å². The number of hydrogen-bond donors (Lipinski definition) is 2. The second-order valence-corrected chi connectivity index (χ2v) is 5.29. The number of methoxy groups -OCH3 is 1. The molecule has 2 rings (SSSR count). The average molecular weight is 357 g/mol. The first-order valence-corrected chi connectivity index (χ1v) is 6.87. The van der Waals surface area contributed by atoms with Gasteiger partial charge in [0, 0.05) is 12.1 Å². The topological polar surface area (TPSA) is 95.9 Å². The molecule has 8 heteroatoms. The molecule has 1 saturated heterocycles. The molecule has 0 aliphatic carbocycles. The van der Waals surface area contributed by atoms with E-state index in [2.05, 4.69) is 21.2 Å². The molecule has 1 unspecified atom stereocenters. The Bertz CT molecular complexity index is 604. The third-order valence-electron chi connectivity index (χ3n) is 3.13. The Morgan fingerprint density at radius 2 is 2.19 bits per heavy atom. The highest BCUT2D eigenvalue weighted by Gasteiger charge is 2.35. The summed E-state index contributed by atoms with van der Waals surface area (Å²) in [7, 11) is 1.50. The molecule has 2 N–H and O–H groups in total. The molecule has 0 bridgehead atoms. The minimum atomic E-state index is -1.16. The second-order valence-electron chi connectivity index (χ2n) is 4.44.